The van der Waals surface area contributed by atoms with Crippen LogP contribution in [0.3, 0.4) is 0 Å². The molecule has 0 bridgehead atoms. The Morgan fingerprint density at radius 2 is 1.84 bits per heavy atom. The Kier molecular flexibility index (Phi) is 6.45. The molecule has 0 spiro atoms. The zero-order valence-electron chi connectivity index (χ0n) is 21.6. The first-order valence-corrected chi connectivity index (χ1v) is 12.4. The van der Waals surface area contributed by atoms with E-state index in [0.29, 0.717) is 30.5 Å². The van der Waals surface area contributed by atoms with E-state index in [-0.39, 0.29) is 12.1 Å². The molecular weight excluding hydrogens is 468 g/mol. The van der Waals surface area contributed by atoms with Crippen molar-refractivity contribution in [1.29, 1.82) is 0 Å². The average Bonchev–Trinajstić information content (AvgIpc) is 3.38. The van der Waals surface area contributed by atoms with Crippen molar-refractivity contribution in [3.05, 3.63) is 55.0 Å². The number of rotatable bonds is 4. The smallest absolute Gasteiger partial charge is 0.410 e. The molecule has 37 heavy (non-hydrogen) atoms. The number of ether oxygens (including phenoxy) is 2. The quantitative estimate of drug-likeness (QED) is 0.404. The van der Waals surface area contributed by atoms with Crippen molar-refractivity contribution < 1.29 is 14.3 Å². The summed E-state index contributed by atoms with van der Waals surface area (Å²) in [6, 6.07) is 12.1. The standard InChI is InChI=1S/C28H32N6O3/c1-28(2,3)37-27(35)33-11-9-21(10-12-33)34-17-20(16-31-34)19-13-23(25(29)30-15-19)24-14-18-7-5-6-8-22(18)26(32-24)36-4/h5-8,13-17,21H,9-12H2,1-4H3,(H2,29,30). The molecule has 1 aliphatic rings. The van der Waals surface area contributed by atoms with Crippen LogP contribution >= 0.6 is 0 Å². The highest BCUT2D eigenvalue weighted by atomic mass is 16.6. The molecule has 1 amide bonds. The molecule has 0 saturated carbocycles. The van der Waals surface area contributed by atoms with Crippen molar-refractivity contribution in [2.24, 2.45) is 0 Å². The molecule has 0 unspecified atom stereocenters. The molecule has 5 rings (SSSR count). The van der Waals surface area contributed by atoms with Crippen LogP contribution in [-0.4, -0.2) is 56.5 Å². The second-order valence-corrected chi connectivity index (χ2v) is 10.3. The van der Waals surface area contributed by atoms with E-state index in [2.05, 4.69) is 10.1 Å². The van der Waals surface area contributed by atoms with Crippen LogP contribution in [0.1, 0.15) is 39.7 Å². The molecule has 4 heterocycles. The van der Waals surface area contributed by atoms with Crippen LogP contribution in [0.4, 0.5) is 10.6 Å². The Labute approximate surface area is 216 Å². The lowest BCUT2D eigenvalue weighted by Crippen LogP contribution is -2.42. The maximum absolute atomic E-state index is 12.4. The summed E-state index contributed by atoms with van der Waals surface area (Å²) in [6.07, 6.45) is 6.99. The summed E-state index contributed by atoms with van der Waals surface area (Å²) >= 11 is 0. The summed E-state index contributed by atoms with van der Waals surface area (Å²) in [5.41, 5.74) is 9.06. The molecule has 2 N–H and O–H groups in total. The maximum atomic E-state index is 12.4. The highest BCUT2D eigenvalue weighted by Gasteiger charge is 2.28. The minimum absolute atomic E-state index is 0.208. The number of methoxy groups -OCH3 is 1. The van der Waals surface area contributed by atoms with Crippen LogP contribution in [-0.2, 0) is 4.74 Å². The van der Waals surface area contributed by atoms with Gasteiger partial charge >= 0.3 is 6.09 Å². The third kappa shape index (κ3) is 5.21. The number of piperidine rings is 1. The number of benzene rings is 1. The highest BCUT2D eigenvalue weighted by Crippen LogP contribution is 2.34. The van der Waals surface area contributed by atoms with Crippen molar-refractivity contribution in [2.45, 2.75) is 45.3 Å². The number of hydrogen-bond donors (Lipinski definition) is 1. The summed E-state index contributed by atoms with van der Waals surface area (Å²) in [4.78, 5) is 23.3. The van der Waals surface area contributed by atoms with Crippen molar-refractivity contribution in [1.82, 2.24) is 24.6 Å². The van der Waals surface area contributed by atoms with Gasteiger partial charge in [-0.1, -0.05) is 18.2 Å². The molecular formula is C28H32N6O3. The number of fused-ring (bicyclic) bond motifs is 1. The van der Waals surface area contributed by atoms with E-state index in [0.717, 1.165) is 40.3 Å². The summed E-state index contributed by atoms with van der Waals surface area (Å²) in [7, 11) is 1.61. The fourth-order valence-corrected chi connectivity index (χ4v) is 4.63. The van der Waals surface area contributed by atoms with Crippen molar-refractivity contribution in [2.75, 3.05) is 25.9 Å². The van der Waals surface area contributed by atoms with E-state index >= 15 is 0 Å². The van der Waals surface area contributed by atoms with E-state index in [4.69, 9.17) is 20.2 Å². The molecule has 0 aliphatic carbocycles. The minimum Gasteiger partial charge on any atom is -0.481 e. The molecule has 4 aromatic rings. The predicted molar refractivity (Wildman–Crippen MR) is 143 cm³/mol. The van der Waals surface area contributed by atoms with Gasteiger partial charge in [-0.25, -0.2) is 14.8 Å². The molecule has 1 fully saturated rings. The molecule has 9 nitrogen and oxygen atoms in total. The van der Waals surface area contributed by atoms with Gasteiger partial charge in [-0.05, 0) is 57.2 Å². The van der Waals surface area contributed by atoms with E-state index in [1.54, 1.807) is 18.2 Å². The van der Waals surface area contributed by atoms with Crippen molar-refractivity contribution in [3.63, 3.8) is 0 Å². The van der Waals surface area contributed by atoms with E-state index in [9.17, 15) is 4.79 Å². The number of amides is 1. The van der Waals surface area contributed by atoms with Gasteiger partial charge < -0.3 is 20.1 Å². The van der Waals surface area contributed by atoms with Gasteiger partial charge in [-0.2, -0.15) is 5.10 Å². The minimum atomic E-state index is -0.496. The number of anilines is 1. The molecule has 3 aromatic heterocycles. The van der Waals surface area contributed by atoms with Crippen LogP contribution in [0.5, 0.6) is 5.88 Å². The fraction of sp³-hybridized carbons (Fsp3) is 0.357. The Morgan fingerprint density at radius 3 is 2.57 bits per heavy atom. The molecule has 9 heteroatoms. The largest absolute Gasteiger partial charge is 0.481 e. The Balaban J connectivity index is 1.36. The summed E-state index contributed by atoms with van der Waals surface area (Å²) in [5, 5.41) is 6.58. The molecule has 1 aliphatic heterocycles. The molecule has 192 valence electrons. The van der Waals surface area contributed by atoms with Gasteiger partial charge in [0.15, 0.2) is 0 Å². The van der Waals surface area contributed by atoms with Crippen molar-refractivity contribution >= 4 is 22.7 Å². The summed E-state index contributed by atoms with van der Waals surface area (Å²) in [5.74, 6) is 0.943. The van der Waals surface area contributed by atoms with E-state index < -0.39 is 5.60 Å². The lowest BCUT2D eigenvalue weighted by atomic mass is 10.0. The lowest BCUT2D eigenvalue weighted by Gasteiger charge is -2.33. The Bertz CT molecular complexity index is 1430. The zero-order chi connectivity index (χ0) is 26.2. The second kappa shape index (κ2) is 9.72. The first-order valence-electron chi connectivity index (χ1n) is 12.4. The van der Waals surface area contributed by atoms with E-state index in [1.807, 2.05) is 74.2 Å². The molecule has 1 aromatic carbocycles. The van der Waals surface area contributed by atoms with Crippen molar-refractivity contribution in [3.8, 4) is 28.3 Å². The van der Waals surface area contributed by atoms with Gasteiger partial charge in [0, 0.05) is 47.6 Å². The van der Waals surface area contributed by atoms with Gasteiger partial charge in [0.05, 0.1) is 25.0 Å². The normalized spacial score (nSPS) is 14.6. The number of pyridine rings is 2. The Morgan fingerprint density at radius 1 is 1.08 bits per heavy atom. The third-order valence-electron chi connectivity index (χ3n) is 6.52. The van der Waals surface area contributed by atoms with Gasteiger partial charge in [0.25, 0.3) is 0 Å². The molecule has 1 saturated heterocycles. The van der Waals surface area contributed by atoms with Gasteiger partial charge in [0.1, 0.15) is 11.4 Å². The average molecular weight is 501 g/mol. The number of nitrogens with two attached hydrogens (primary N) is 1. The first-order chi connectivity index (χ1) is 17.7. The predicted octanol–water partition coefficient (Wildman–Crippen LogP) is 5.32. The maximum Gasteiger partial charge on any atom is 0.410 e. The number of aromatic nitrogens is 4. The fourth-order valence-electron chi connectivity index (χ4n) is 4.63. The zero-order valence-corrected chi connectivity index (χ0v) is 21.6. The van der Waals surface area contributed by atoms with Gasteiger partial charge in [0.2, 0.25) is 5.88 Å². The van der Waals surface area contributed by atoms with E-state index in [1.165, 1.54) is 0 Å². The summed E-state index contributed by atoms with van der Waals surface area (Å²) in [6.45, 7) is 6.92. The topological polar surface area (TPSA) is 108 Å². The van der Waals surface area contributed by atoms with Gasteiger partial charge in [-0.15, -0.1) is 0 Å². The SMILES string of the molecule is COc1nc(-c2cc(-c3cnn(C4CCN(C(=O)OC(C)(C)C)CC4)c3)cnc2N)cc2ccccc12. The van der Waals surface area contributed by atoms with Crippen LogP contribution in [0.25, 0.3) is 33.2 Å². The van der Waals surface area contributed by atoms with Gasteiger partial charge in [-0.3, -0.25) is 4.68 Å². The van der Waals surface area contributed by atoms with Crippen LogP contribution in [0.15, 0.2) is 55.0 Å². The number of carbonyl (C=O) groups excluding carboxylic acids is 1. The monoisotopic (exact) mass is 500 g/mol. The Hall–Kier alpha value is -4.14. The molecule has 0 radical (unpaired) electrons. The number of hydrogen-bond acceptors (Lipinski definition) is 7. The number of likely N-dealkylation sites (tertiary alicyclic amines) is 1. The third-order valence-corrected chi connectivity index (χ3v) is 6.52. The number of carbonyl (C=O) groups is 1. The summed E-state index contributed by atoms with van der Waals surface area (Å²) < 4.78 is 13.0. The number of nitrogens with zero attached hydrogens (tertiary/aromatic N) is 5. The second-order valence-electron chi connectivity index (χ2n) is 10.3. The first kappa shape index (κ1) is 24.5. The van der Waals surface area contributed by atoms with Crippen LogP contribution in [0, 0.1) is 0 Å². The van der Waals surface area contributed by atoms with Crippen LogP contribution < -0.4 is 10.5 Å². The highest BCUT2D eigenvalue weighted by molar-refractivity contribution is 5.91. The molecule has 0 atom stereocenters. The van der Waals surface area contributed by atoms with Crippen LogP contribution in [0.2, 0.25) is 0 Å². The number of nitrogen functional groups attached to an aromatic ring is 1. The lowest BCUT2D eigenvalue weighted by molar-refractivity contribution is 0.0185.